The highest BCUT2D eigenvalue weighted by Gasteiger charge is 2.34. The first kappa shape index (κ1) is 23.1. The Morgan fingerprint density at radius 2 is 2.06 bits per heavy atom. The summed E-state index contributed by atoms with van der Waals surface area (Å²) in [7, 11) is -2.14. The predicted molar refractivity (Wildman–Crippen MR) is 130 cm³/mol. The van der Waals surface area contributed by atoms with Crippen molar-refractivity contribution < 1.29 is 18.1 Å². The zero-order chi connectivity index (χ0) is 24.9. The number of hydrogen-bond acceptors (Lipinski definition) is 7. The molecule has 0 saturated carbocycles. The molecule has 35 heavy (non-hydrogen) atoms. The van der Waals surface area contributed by atoms with Gasteiger partial charge in [0, 0.05) is 54.9 Å². The van der Waals surface area contributed by atoms with E-state index < -0.39 is 20.9 Å². The maximum atomic E-state index is 13.3. The van der Waals surface area contributed by atoms with E-state index in [0.717, 1.165) is 10.4 Å². The second-order valence-corrected chi connectivity index (χ2v) is 11.2. The maximum absolute atomic E-state index is 13.3. The van der Waals surface area contributed by atoms with Crippen molar-refractivity contribution in [2.45, 2.75) is 31.5 Å². The molecule has 1 aromatic carbocycles. The lowest BCUT2D eigenvalue weighted by Crippen LogP contribution is -2.26. The Balaban J connectivity index is 1.39. The molecule has 0 atom stereocenters. The lowest BCUT2D eigenvalue weighted by molar-refractivity contribution is -0.383. The third kappa shape index (κ3) is 3.89. The van der Waals surface area contributed by atoms with Crippen LogP contribution in [0.1, 0.15) is 32.2 Å². The fourth-order valence-electron chi connectivity index (χ4n) is 4.30. The minimum Gasteiger partial charge on any atom is -0.347 e. The number of pyridine rings is 1. The Hall–Kier alpha value is -3.61. The topological polar surface area (TPSA) is 127 Å². The molecule has 0 saturated heterocycles. The molecule has 4 aromatic rings. The summed E-state index contributed by atoms with van der Waals surface area (Å²) in [6.07, 6.45) is 1.48. The molecular formula is C23H21N5O5S2. The highest BCUT2D eigenvalue weighted by atomic mass is 32.2. The number of non-ortho nitro benzene ring substituents is 1. The molecule has 4 heterocycles. The molecule has 5 rings (SSSR count). The number of carbonyl (C=O) groups excluding carboxylic acids is 1. The van der Waals surface area contributed by atoms with Crippen molar-refractivity contribution >= 4 is 43.9 Å². The molecule has 10 nitrogen and oxygen atoms in total. The lowest BCUT2D eigenvalue weighted by Gasteiger charge is -2.15. The largest absolute Gasteiger partial charge is 0.347 e. The van der Waals surface area contributed by atoms with Gasteiger partial charge in [0.2, 0.25) is 10.0 Å². The Morgan fingerprint density at radius 3 is 2.80 bits per heavy atom. The third-order valence-electron chi connectivity index (χ3n) is 6.32. The third-order valence-corrected chi connectivity index (χ3v) is 9.17. The summed E-state index contributed by atoms with van der Waals surface area (Å²) in [6, 6.07) is 9.67. The van der Waals surface area contributed by atoms with E-state index in [1.807, 2.05) is 11.4 Å². The lowest BCUT2D eigenvalue weighted by atomic mass is 10.1. The summed E-state index contributed by atoms with van der Waals surface area (Å²) in [5.41, 5.74) is 2.48. The summed E-state index contributed by atoms with van der Waals surface area (Å²) in [5.74, 6) is -0.451. The van der Waals surface area contributed by atoms with Gasteiger partial charge in [-0.15, -0.1) is 11.3 Å². The van der Waals surface area contributed by atoms with Crippen LogP contribution in [-0.4, -0.2) is 33.1 Å². The Morgan fingerprint density at radius 1 is 1.26 bits per heavy atom. The van der Waals surface area contributed by atoms with Gasteiger partial charge in [-0.05, 0) is 47.7 Å². The number of benzene rings is 1. The molecule has 12 heteroatoms. The van der Waals surface area contributed by atoms with Gasteiger partial charge in [0.05, 0.1) is 4.92 Å². The molecule has 0 radical (unpaired) electrons. The van der Waals surface area contributed by atoms with Crippen molar-refractivity contribution in [3.63, 3.8) is 0 Å². The second kappa shape index (κ2) is 8.56. The van der Waals surface area contributed by atoms with Gasteiger partial charge >= 0.3 is 0 Å². The standard InChI is InChI=1S/C23H21N5O5S2/c1-14-21(35(32,33)27-12-16-7-9-34-20(16)13-27)10-19(26(14)2)23(29)25-11-15-5-6-18(28(30)31)22-17(15)4-3-8-24-22/h3-10H,11-13H2,1-2H3,(H,25,29). The van der Waals surface area contributed by atoms with Crippen molar-refractivity contribution in [2.75, 3.05) is 0 Å². The monoisotopic (exact) mass is 511 g/mol. The summed E-state index contributed by atoms with van der Waals surface area (Å²) in [6.45, 7) is 2.41. The van der Waals surface area contributed by atoms with Gasteiger partial charge in [-0.1, -0.05) is 6.07 Å². The molecule has 0 fully saturated rings. The van der Waals surface area contributed by atoms with Crippen molar-refractivity contribution in [3.05, 3.63) is 85.5 Å². The van der Waals surface area contributed by atoms with Crippen LogP contribution < -0.4 is 5.32 Å². The van der Waals surface area contributed by atoms with Crippen LogP contribution in [0.4, 0.5) is 5.69 Å². The molecule has 1 aliphatic rings. The fourth-order valence-corrected chi connectivity index (χ4v) is 6.95. The number of nitro benzene ring substituents is 1. The average molecular weight is 512 g/mol. The van der Waals surface area contributed by atoms with Gasteiger partial charge in [0.1, 0.15) is 16.1 Å². The number of nitrogens with one attached hydrogen (secondary N) is 1. The number of aromatic nitrogens is 2. The normalized spacial score (nSPS) is 13.8. The molecule has 0 spiro atoms. The number of amides is 1. The minimum atomic E-state index is -3.78. The van der Waals surface area contributed by atoms with Crippen LogP contribution in [0.15, 0.2) is 52.9 Å². The van der Waals surface area contributed by atoms with Crippen LogP contribution >= 0.6 is 11.3 Å². The molecule has 180 valence electrons. The van der Waals surface area contributed by atoms with Gasteiger partial charge in [-0.25, -0.2) is 13.4 Å². The summed E-state index contributed by atoms with van der Waals surface area (Å²) >= 11 is 1.53. The van der Waals surface area contributed by atoms with E-state index in [1.54, 1.807) is 36.7 Å². The van der Waals surface area contributed by atoms with Crippen molar-refractivity contribution in [1.29, 1.82) is 0 Å². The zero-order valence-electron chi connectivity index (χ0n) is 18.9. The van der Waals surface area contributed by atoms with Crippen LogP contribution in [0.25, 0.3) is 10.9 Å². The van der Waals surface area contributed by atoms with Crippen LogP contribution in [0, 0.1) is 17.0 Å². The molecular weight excluding hydrogens is 490 g/mol. The molecule has 1 aliphatic heterocycles. The summed E-state index contributed by atoms with van der Waals surface area (Å²) < 4.78 is 29.7. The average Bonchev–Trinajstić information content (AvgIpc) is 3.52. The van der Waals surface area contributed by atoms with E-state index in [4.69, 9.17) is 0 Å². The highest BCUT2D eigenvalue weighted by Crippen LogP contribution is 2.33. The molecule has 3 aromatic heterocycles. The number of nitro groups is 1. The molecule has 0 bridgehead atoms. The minimum absolute atomic E-state index is 0.0949. The maximum Gasteiger partial charge on any atom is 0.295 e. The highest BCUT2D eigenvalue weighted by molar-refractivity contribution is 7.89. The van der Waals surface area contributed by atoms with Crippen molar-refractivity contribution in [2.24, 2.45) is 7.05 Å². The summed E-state index contributed by atoms with van der Waals surface area (Å²) in [4.78, 5) is 29.1. The SMILES string of the molecule is Cc1c(S(=O)(=O)N2Cc3ccsc3C2)cc(C(=O)NCc2ccc([N+](=O)[O-])c3ncccc23)n1C. The number of carbonyl (C=O) groups is 1. The number of nitrogens with zero attached hydrogens (tertiary/aromatic N) is 4. The van der Waals surface area contributed by atoms with Gasteiger partial charge in [0.15, 0.2) is 0 Å². The number of thiophene rings is 1. The quantitative estimate of drug-likeness (QED) is 0.312. The van der Waals surface area contributed by atoms with E-state index in [9.17, 15) is 23.3 Å². The summed E-state index contributed by atoms with van der Waals surface area (Å²) in [5, 5.41) is 16.6. The fraction of sp³-hybridized carbons (Fsp3) is 0.217. The van der Waals surface area contributed by atoms with Crippen molar-refractivity contribution in [1.82, 2.24) is 19.2 Å². The number of rotatable bonds is 6. The number of fused-ring (bicyclic) bond motifs is 2. The molecule has 1 amide bonds. The van der Waals surface area contributed by atoms with E-state index in [2.05, 4.69) is 10.3 Å². The second-order valence-electron chi connectivity index (χ2n) is 8.26. The Kier molecular flexibility index (Phi) is 5.66. The molecule has 0 aliphatic carbocycles. The van der Waals surface area contributed by atoms with E-state index in [1.165, 1.54) is 34.0 Å². The first-order valence-corrected chi connectivity index (χ1v) is 13.0. The molecule has 0 unspecified atom stereocenters. The van der Waals surface area contributed by atoms with Crippen LogP contribution in [0.2, 0.25) is 0 Å². The van der Waals surface area contributed by atoms with Crippen molar-refractivity contribution in [3.8, 4) is 0 Å². The van der Waals surface area contributed by atoms with Crippen LogP contribution in [0.5, 0.6) is 0 Å². The Bertz CT molecular complexity index is 1590. The van der Waals surface area contributed by atoms with E-state index in [-0.39, 0.29) is 28.3 Å². The Labute approximate surface area is 205 Å². The zero-order valence-corrected chi connectivity index (χ0v) is 20.5. The number of hydrogen-bond donors (Lipinski definition) is 1. The number of sulfonamides is 1. The van der Waals surface area contributed by atoms with Gasteiger partial charge in [-0.3, -0.25) is 14.9 Å². The predicted octanol–water partition coefficient (Wildman–Crippen LogP) is 3.49. The van der Waals surface area contributed by atoms with Gasteiger partial charge in [-0.2, -0.15) is 4.31 Å². The van der Waals surface area contributed by atoms with Crippen LogP contribution in [0.3, 0.4) is 0 Å². The van der Waals surface area contributed by atoms with E-state index in [0.29, 0.717) is 29.7 Å². The first-order valence-electron chi connectivity index (χ1n) is 10.7. The molecule has 1 N–H and O–H groups in total. The van der Waals surface area contributed by atoms with Gasteiger partial charge in [0.25, 0.3) is 11.6 Å². The van der Waals surface area contributed by atoms with Gasteiger partial charge < -0.3 is 9.88 Å². The first-order chi connectivity index (χ1) is 16.7. The van der Waals surface area contributed by atoms with E-state index >= 15 is 0 Å². The van der Waals surface area contributed by atoms with Crippen LogP contribution in [-0.2, 0) is 36.7 Å². The smallest absolute Gasteiger partial charge is 0.295 e.